The Morgan fingerprint density at radius 1 is 1.21 bits per heavy atom. The van der Waals surface area contributed by atoms with Gasteiger partial charge in [-0.25, -0.2) is 4.79 Å². The van der Waals surface area contributed by atoms with Crippen molar-refractivity contribution >= 4 is 17.7 Å². The molecule has 2 aliphatic rings. The van der Waals surface area contributed by atoms with Gasteiger partial charge in [-0.3, -0.25) is 9.48 Å². The molecule has 7 nitrogen and oxygen atoms in total. The topological polar surface area (TPSA) is 67.7 Å². The maximum absolute atomic E-state index is 13.5. The first-order valence-corrected chi connectivity index (χ1v) is 10.1. The van der Waals surface area contributed by atoms with Gasteiger partial charge in [-0.05, 0) is 45.7 Å². The lowest BCUT2D eigenvalue weighted by Crippen LogP contribution is -2.41. The van der Waals surface area contributed by atoms with Crippen LogP contribution >= 0.6 is 0 Å². The van der Waals surface area contributed by atoms with Crippen LogP contribution in [-0.4, -0.2) is 44.9 Å². The molecule has 0 saturated heterocycles. The third-order valence-electron chi connectivity index (χ3n) is 5.52. The summed E-state index contributed by atoms with van der Waals surface area (Å²) in [6, 6.07) is 8.08. The summed E-state index contributed by atoms with van der Waals surface area (Å²) in [4.78, 5) is 29.6. The molecule has 0 bridgehead atoms. The first kappa shape index (κ1) is 19.5. The number of nitrogens with zero attached hydrogens (tertiary/aromatic N) is 4. The van der Waals surface area contributed by atoms with Crippen molar-refractivity contribution in [2.24, 2.45) is 7.05 Å². The number of carbonyl (C=O) groups excluding carboxylic acids is 2. The lowest BCUT2D eigenvalue weighted by molar-refractivity contribution is 0.0221. The molecule has 29 heavy (non-hydrogen) atoms. The van der Waals surface area contributed by atoms with Gasteiger partial charge in [0.05, 0.1) is 6.54 Å². The first-order valence-electron chi connectivity index (χ1n) is 10.1. The van der Waals surface area contributed by atoms with Crippen LogP contribution in [0.2, 0.25) is 0 Å². The van der Waals surface area contributed by atoms with Gasteiger partial charge >= 0.3 is 6.09 Å². The van der Waals surface area contributed by atoms with E-state index >= 15 is 0 Å². The van der Waals surface area contributed by atoms with Crippen molar-refractivity contribution < 1.29 is 14.3 Å². The molecule has 7 heteroatoms. The standard InChI is InChI=1S/C22H28N4O3/c1-14-12-15-8-6-7-9-17(15)26(14)20(27)19-16-13-25(21(28)29-22(2,3)4)11-10-18(16)24(5)23-19/h6-9,14H,10-13H2,1-5H3. The number of anilines is 1. The Morgan fingerprint density at radius 3 is 2.66 bits per heavy atom. The minimum atomic E-state index is -0.556. The summed E-state index contributed by atoms with van der Waals surface area (Å²) in [7, 11) is 1.86. The van der Waals surface area contributed by atoms with Gasteiger partial charge in [0.25, 0.3) is 5.91 Å². The zero-order valence-corrected chi connectivity index (χ0v) is 17.7. The number of carbonyl (C=O) groups is 2. The summed E-state index contributed by atoms with van der Waals surface area (Å²) in [6.45, 7) is 8.50. The van der Waals surface area contributed by atoms with Crippen LogP contribution in [0.5, 0.6) is 0 Å². The Hall–Kier alpha value is -2.83. The molecular weight excluding hydrogens is 368 g/mol. The third-order valence-corrected chi connectivity index (χ3v) is 5.52. The molecule has 1 atom stereocenters. The van der Waals surface area contributed by atoms with Gasteiger partial charge in [0.15, 0.2) is 5.69 Å². The van der Waals surface area contributed by atoms with Crippen molar-refractivity contribution in [3.05, 3.63) is 46.8 Å². The quantitative estimate of drug-likeness (QED) is 0.742. The van der Waals surface area contributed by atoms with Crippen molar-refractivity contribution in [3.8, 4) is 0 Å². The zero-order valence-electron chi connectivity index (χ0n) is 17.7. The highest BCUT2D eigenvalue weighted by Crippen LogP contribution is 2.34. The number of benzene rings is 1. The summed E-state index contributed by atoms with van der Waals surface area (Å²) < 4.78 is 7.31. The summed E-state index contributed by atoms with van der Waals surface area (Å²) >= 11 is 0. The van der Waals surface area contributed by atoms with Crippen molar-refractivity contribution in [2.45, 2.75) is 58.7 Å². The average molecular weight is 396 g/mol. The number of fused-ring (bicyclic) bond motifs is 2. The summed E-state index contributed by atoms with van der Waals surface area (Å²) in [5.41, 5.74) is 3.83. The number of aryl methyl sites for hydroxylation is 1. The highest BCUT2D eigenvalue weighted by Gasteiger charge is 2.37. The predicted octanol–water partition coefficient (Wildman–Crippen LogP) is 3.30. The number of amides is 2. The van der Waals surface area contributed by atoms with Crippen LogP contribution in [0.4, 0.5) is 10.5 Å². The average Bonchev–Trinajstić information content (AvgIpc) is 3.16. The highest BCUT2D eigenvalue weighted by molar-refractivity contribution is 6.07. The van der Waals surface area contributed by atoms with E-state index in [1.807, 2.05) is 50.9 Å². The van der Waals surface area contributed by atoms with Crippen LogP contribution in [0.1, 0.15) is 55.0 Å². The van der Waals surface area contributed by atoms with Crippen LogP contribution in [0, 0.1) is 0 Å². The molecule has 1 aromatic carbocycles. The van der Waals surface area contributed by atoms with Crippen LogP contribution in [0.3, 0.4) is 0 Å². The molecule has 1 unspecified atom stereocenters. The molecule has 1 aromatic heterocycles. The van der Waals surface area contributed by atoms with Crippen molar-refractivity contribution in [3.63, 3.8) is 0 Å². The predicted molar refractivity (Wildman–Crippen MR) is 110 cm³/mol. The molecule has 2 aliphatic heterocycles. The molecule has 0 aliphatic carbocycles. The molecule has 4 rings (SSSR count). The smallest absolute Gasteiger partial charge is 0.410 e. The van der Waals surface area contributed by atoms with Gasteiger partial charge in [0.2, 0.25) is 0 Å². The molecule has 154 valence electrons. The SMILES string of the molecule is CC1Cc2ccccc2N1C(=O)c1nn(C)c2c1CN(C(=O)OC(C)(C)C)CC2. The second kappa shape index (κ2) is 6.90. The molecule has 0 saturated carbocycles. The fourth-order valence-corrected chi connectivity index (χ4v) is 4.24. The molecule has 0 radical (unpaired) electrons. The number of rotatable bonds is 1. The van der Waals surface area contributed by atoms with E-state index in [1.165, 1.54) is 5.56 Å². The number of hydrogen-bond acceptors (Lipinski definition) is 4. The molecule has 2 amide bonds. The number of hydrogen-bond donors (Lipinski definition) is 0. The summed E-state index contributed by atoms with van der Waals surface area (Å²) in [5.74, 6) is -0.106. The molecule has 3 heterocycles. The second-order valence-corrected chi connectivity index (χ2v) is 8.91. The highest BCUT2D eigenvalue weighted by atomic mass is 16.6. The maximum atomic E-state index is 13.5. The Bertz CT molecular complexity index is 973. The molecule has 0 N–H and O–H groups in total. The van der Waals surface area contributed by atoms with Gasteiger partial charge in [0.1, 0.15) is 5.60 Å². The maximum Gasteiger partial charge on any atom is 0.410 e. The largest absolute Gasteiger partial charge is 0.444 e. The van der Waals surface area contributed by atoms with E-state index in [2.05, 4.69) is 18.1 Å². The second-order valence-electron chi connectivity index (χ2n) is 8.91. The van der Waals surface area contributed by atoms with Crippen molar-refractivity contribution in [1.29, 1.82) is 0 Å². The molecular formula is C22H28N4O3. The zero-order chi connectivity index (χ0) is 20.9. The van der Waals surface area contributed by atoms with E-state index < -0.39 is 5.60 Å². The number of aromatic nitrogens is 2. The van der Waals surface area contributed by atoms with Gasteiger partial charge in [0, 0.05) is 43.0 Å². The fraction of sp³-hybridized carbons (Fsp3) is 0.500. The molecule has 2 aromatic rings. The Balaban J connectivity index is 1.64. The third kappa shape index (κ3) is 3.50. The lowest BCUT2D eigenvalue weighted by atomic mass is 10.0. The normalized spacial score (nSPS) is 18.4. The Labute approximate surface area is 171 Å². The van der Waals surface area contributed by atoms with Crippen LogP contribution < -0.4 is 4.90 Å². The van der Waals surface area contributed by atoms with Gasteiger partial charge in [-0.1, -0.05) is 18.2 Å². The van der Waals surface area contributed by atoms with E-state index in [-0.39, 0.29) is 18.0 Å². The van der Waals surface area contributed by atoms with Gasteiger partial charge in [-0.2, -0.15) is 5.10 Å². The van der Waals surface area contributed by atoms with Crippen LogP contribution in [0.15, 0.2) is 24.3 Å². The summed E-state index contributed by atoms with van der Waals surface area (Å²) in [6.07, 6.45) is 1.13. The van der Waals surface area contributed by atoms with Crippen molar-refractivity contribution in [1.82, 2.24) is 14.7 Å². The van der Waals surface area contributed by atoms with E-state index in [0.717, 1.165) is 23.4 Å². The van der Waals surface area contributed by atoms with Gasteiger partial charge in [-0.15, -0.1) is 0 Å². The van der Waals surface area contributed by atoms with Crippen molar-refractivity contribution in [2.75, 3.05) is 11.4 Å². The monoisotopic (exact) mass is 396 g/mol. The van der Waals surface area contributed by atoms with E-state index in [4.69, 9.17) is 4.74 Å². The van der Waals surface area contributed by atoms with Gasteiger partial charge < -0.3 is 14.5 Å². The fourth-order valence-electron chi connectivity index (χ4n) is 4.24. The lowest BCUT2D eigenvalue weighted by Gasteiger charge is -2.30. The Morgan fingerprint density at radius 2 is 1.93 bits per heavy atom. The first-order chi connectivity index (χ1) is 13.7. The van der Waals surface area contributed by atoms with E-state index in [9.17, 15) is 9.59 Å². The van der Waals surface area contributed by atoms with Crippen LogP contribution in [0.25, 0.3) is 0 Å². The summed E-state index contributed by atoms with van der Waals surface area (Å²) in [5, 5.41) is 4.56. The minimum Gasteiger partial charge on any atom is -0.444 e. The molecule has 0 fully saturated rings. The van der Waals surface area contributed by atoms with E-state index in [1.54, 1.807) is 9.58 Å². The molecule has 0 spiro atoms. The number of ether oxygens (including phenoxy) is 1. The number of para-hydroxylation sites is 1. The van der Waals surface area contributed by atoms with Crippen LogP contribution in [-0.2, 0) is 31.2 Å². The van der Waals surface area contributed by atoms with E-state index in [0.29, 0.717) is 25.2 Å². The minimum absolute atomic E-state index is 0.0723. The Kier molecular flexibility index (Phi) is 4.63.